The topological polar surface area (TPSA) is 181 Å². The highest BCUT2D eigenvalue weighted by Gasteiger charge is 2.31. The summed E-state index contributed by atoms with van der Waals surface area (Å²) in [5.41, 5.74) is 12.9. The molecule has 8 N–H and O–H groups in total. The van der Waals surface area contributed by atoms with Gasteiger partial charge in [0.2, 0.25) is 23.6 Å². The molecule has 2 aromatic rings. The smallest absolute Gasteiger partial charge is 0.406 e. The number of nitrogens with one attached hydrogen (secondary N) is 4. The second kappa shape index (κ2) is 18.5. The van der Waals surface area contributed by atoms with Crippen molar-refractivity contribution in [1.29, 1.82) is 0 Å². The molecule has 242 valence electrons. The maximum atomic E-state index is 13.0. The van der Waals surface area contributed by atoms with E-state index in [4.69, 9.17) is 11.5 Å². The van der Waals surface area contributed by atoms with Gasteiger partial charge in [0.25, 0.3) is 0 Å². The van der Waals surface area contributed by atoms with Gasteiger partial charge in [-0.15, -0.1) is 13.2 Å². The first kappa shape index (κ1) is 36.0. The lowest BCUT2D eigenvalue weighted by Crippen LogP contribution is -2.51. The molecule has 2 unspecified atom stereocenters. The first-order valence-electron chi connectivity index (χ1n) is 14.0. The molecule has 4 amide bonds. The molecule has 0 aliphatic rings. The van der Waals surface area contributed by atoms with E-state index in [-0.39, 0.29) is 31.8 Å². The van der Waals surface area contributed by atoms with E-state index in [0.717, 1.165) is 17.7 Å². The highest BCUT2D eigenvalue weighted by Crippen LogP contribution is 2.22. The average molecular weight is 624 g/mol. The van der Waals surface area contributed by atoms with Crippen molar-refractivity contribution in [3.63, 3.8) is 0 Å². The van der Waals surface area contributed by atoms with Crippen LogP contribution in [0.25, 0.3) is 0 Å². The third-order valence-electron chi connectivity index (χ3n) is 6.38. The fraction of sp³-hybridized carbons (Fsp3) is 0.448. The molecule has 0 aliphatic heterocycles. The number of carbonyl (C=O) groups is 4. The van der Waals surface area contributed by atoms with Crippen LogP contribution < -0.4 is 37.5 Å². The number of hydrogen-bond donors (Lipinski definition) is 6. The van der Waals surface area contributed by atoms with Crippen LogP contribution in [0.5, 0.6) is 5.75 Å². The number of benzene rings is 2. The van der Waals surface area contributed by atoms with Gasteiger partial charge >= 0.3 is 6.36 Å². The normalized spacial score (nSPS) is 12.5. The minimum atomic E-state index is -4.82. The molecule has 0 aromatic heterocycles. The van der Waals surface area contributed by atoms with Gasteiger partial charge in [-0.2, -0.15) is 0 Å². The number of carbonyl (C=O) groups excluding carboxylic acids is 4. The molecule has 0 aliphatic carbocycles. The summed E-state index contributed by atoms with van der Waals surface area (Å²) in [5.74, 6) is -2.64. The Morgan fingerprint density at radius 2 is 1.61 bits per heavy atom. The largest absolute Gasteiger partial charge is 0.573 e. The molecule has 0 saturated carbocycles. The second-order valence-corrected chi connectivity index (χ2v) is 9.86. The predicted octanol–water partition coefficient (Wildman–Crippen LogP) is 0.159. The van der Waals surface area contributed by atoms with Crippen molar-refractivity contribution in [3.05, 3.63) is 65.7 Å². The van der Waals surface area contributed by atoms with Gasteiger partial charge < -0.3 is 42.4 Å². The van der Waals surface area contributed by atoms with Crippen molar-refractivity contribution in [2.75, 3.05) is 39.8 Å². The van der Waals surface area contributed by atoms with Crippen molar-refractivity contribution in [2.45, 2.75) is 44.3 Å². The Bertz CT molecular complexity index is 1200. The fourth-order valence-corrected chi connectivity index (χ4v) is 4.06. The van der Waals surface area contributed by atoms with Crippen molar-refractivity contribution >= 4 is 23.6 Å². The minimum Gasteiger partial charge on any atom is -0.406 e. The van der Waals surface area contributed by atoms with Crippen LogP contribution in [0, 0.1) is 0 Å². The number of amides is 4. The van der Waals surface area contributed by atoms with Gasteiger partial charge in [0.15, 0.2) is 0 Å². The number of halogens is 3. The van der Waals surface area contributed by atoms with E-state index in [9.17, 15) is 32.3 Å². The summed E-state index contributed by atoms with van der Waals surface area (Å²) in [4.78, 5) is 52.3. The van der Waals surface area contributed by atoms with Gasteiger partial charge in [0.05, 0.1) is 19.0 Å². The molecule has 0 radical (unpaired) electrons. The molecule has 15 heteroatoms. The van der Waals surface area contributed by atoms with Gasteiger partial charge in [-0.25, -0.2) is 0 Å². The molecule has 0 spiro atoms. The van der Waals surface area contributed by atoms with Crippen LogP contribution in [0.15, 0.2) is 54.6 Å². The number of nitrogens with zero attached hydrogens (tertiary/aromatic N) is 1. The van der Waals surface area contributed by atoms with Crippen molar-refractivity contribution in [3.8, 4) is 5.75 Å². The van der Waals surface area contributed by atoms with Gasteiger partial charge in [0, 0.05) is 32.7 Å². The molecule has 12 nitrogen and oxygen atoms in total. The second-order valence-electron chi connectivity index (χ2n) is 9.86. The van der Waals surface area contributed by atoms with E-state index in [1.54, 1.807) is 7.05 Å². The number of rotatable bonds is 18. The quantitative estimate of drug-likeness (QED) is 0.136. The molecule has 0 bridgehead atoms. The van der Waals surface area contributed by atoms with Crippen LogP contribution in [0.2, 0.25) is 0 Å². The monoisotopic (exact) mass is 623 g/mol. The minimum absolute atomic E-state index is 0.0159. The molecule has 2 aromatic carbocycles. The summed E-state index contributed by atoms with van der Waals surface area (Å²) < 4.78 is 41.0. The lowest BCUT2D eigenvalue weighted by atomic mass is 10.0. The maximum Gasteiger partial charge on any atom is 0.573 e. The van der Waals surface area contributed by atoms with E-state index in [2.05, 4.69) is 26.0 Å². The van der Waals surface area contributed by atoms with Crippen LogP contribution in [0.4, 0.5) is 13.2 Å². The lowest BCUT2D eigenvalue weighted by Gasteiger charge is -2.23. The predicted molar refractivity (Wildman–Crippen MR) is 157 cm³/mol. The van der Waals surface area contributed by atoms with E-state index < -0.39 is 48.5 Å². The molecule has 0 heterocycles. The molecular formula is C29H40F3N7O5. The molecule has 2 rings (SSSR count). The summed E-state index contributed by atoms with van der Waals surface area (Å²) >= 11 is 0. The van der Waals surface area contributed by atoms with E-state index in [0.29, 0.717) is 31.6 Å². The number of nitrogens with two attached hydrogens (primary N) is 2. The third-order valence-corrected chi connectivity index (χ3v) is 6.38. The van der Waals surface area contributed by atoms with E-state index in [1.165, 1.54) is 17.0 Å². The number of ether oxygens (including phenoxy) is 1. The zero-order valence-electron chi connectivity index (χ0n) is 24.5. The Labute approximate surface area is 254 Å². The lowest BCUT2D eigenvalue weighted by molar-refractivity contribution is -0.274. The number of alkyl halides is 3. The summed E-state index contributed by atoms with van der Waals surface area (Å²) in [6.45, 7) is 0.991. The summed E-state index contributed by atoms with van der Waals surface area (Å²) in [6, 6.07) is 12.1. The van der Waals surface area contributed by atoms with Crippen molar-refractivity contribution in [1.82, 2.24) is 26.2 Å². The summed E-state index contributed by atoms with van der Waals surface area (Å²) in [5, 5.41) is 10.6. The molecule has 0 saturated heterocycles. The average Bonchev–Trinajstić information content (AvgIpc) is 2.99. The standard InChI is InChI=1S/C29H40F3N7O5/c1-35-14-16-39(15-13-33)26(41)17-23(34)27(42)37-19-25(40)38-24(12-9-20-5-3-2-4-6-20)28(43)36-18-21-7-10-22(11-8-21)44-29(30,31)32/h2-8,10-11,23-24,35H,9,12-19,33-34H2,1H3,(H,36,43)(H,37,42)(H,38,40). The van der Waals surface area contributed by atoms with Gasteiger partial charge in [-0.05, 0) is 43.1 Å². The molecule has 2 atom stereocenters. The Morgan fingerprint density at radius 1 is 0.932 bits per heavy atom. The highest BCUT2D eigenvalue weighted by atomic mass is 19.4. The summed E-state index contributed by atoms with van der Waals surface area (Å²) in [7, 11) is 1.74. The van der Waals surface area contributed by atoms with Crippen LogP contribution in [0.1, 0.15) is 24.0 Å². The molecule has 0 fully saturated rings. The first-order valence-corrected chi connectivity index (χ1v) is 14.0. The Balaban J connectivity index is 1.94. The van der Waals surface area contributed by atoms with E-state index in [1.807, 2.05) is 30.3 Å². The SMILES string of the molecule is CNCCN(CCN)C(=O)CC(N)C(=O)NCC(=O)NC(CCc1ccccc1)C(=O)NCc1ccc(OC(F)(F)F)cc1. The Kier molecular flexibility index (Phi) is 15.1. The van der Waals surface area contributed by atoms with Crippen LogP contribution >= 0.6 is 0 Å². The number of aryl methyl sites for hydroxylation is 1. The van der Waals surface area contributed by atoms with Gasteiger partial charge in [-0.1, -0.05) is 42.5 Å². The van der Waals surface area contributed by atoms with Crippen LogP contribution in [-0.2, 0) is 32.1 Å². The van der Waals surface area contributed by atoms with Gasteiger partial charge in [-0.3, -0.25) is 19.2 Å². The first-order chi connectivity index (χ1) is 20.9. The van der Waals surface area contributed by atoms with Crippen LogP contribution in [-0.4, -0.2) is 86.7 Å². The number of hydrogen-bond acceptors (Lipinski definition) is 8. The fourth-order valence-electron chi connectivity index (χ4n) is 4.06. The van der Waals surface area contributed by atoms with E-state index >= 15 is 0 Å². The zero-order chi connectivity index (χ0) is 32.5. The Hall–Kier alpha value is -4.21. The zero-order valence-corrected chi connectivity index (χ0v) is 24.5. The maximum absolute atomic E-state index is 13.0. The van der Waals surface area contributed by atoms with Crippen molar-refractivity contribution in [2.24, 2.45) is 11.5 Å². The highest BCUT2D eigenvalue weighted by molar-refractivity contribution is 5.92. The van der Waals surface area contributed by atoms with Gasteiger partial charge in [0.1, 0.15) is 11.8 Å². The number of likely N-dealkylation sites (N-methyl/N-ethyl adjacent to an activating group) is 1. The Morgan fingerprint density at radius 3 is 2.23 bits per heavy atom. The van der Waals surface area contributed by atoms with Crippen LogP contribution in [0.3, 0.4) is 0 Å². The van der Waals surface area contributed by atoms with Crippen molar-refractivity contribution < 1.29 is 37.1 Å². The molecule has 44 heavy (non-hydrogen) atoms. The summed E-state index contributed by atoms with van der Waals surface area (Å²) in [6.07, 6.45) is -4.41. The third kappa shape index (κ3) is 13.8. The molecular weight excluding hydrogens is 583 g/mol.